The van der Waals surface area contributed by atoms with Crippen LogP contribution in [0.15, 0.2) is 35.5 Å². The minimum Gasteiger partial charge on any atom is -0.381 e. The summed E-state index contributed by atoms with van der Waals surface area (Å²) in [4.78, 5) is 11.4. The van der Waals surface area contributed by atoms with Gasteiger partial charge in [0.05, 0.1) is 28.5 Å². The smallest absolute Gasteiger partial charge is 0.381 e. The molecule has 1 aliphatic rings. The van der Waals surface area contributed by atoms with Crippen LogP contribution in [0.25, 0.3) is 11.4 Å². The second-order valence-corrected chi connectivity index (χ2v) is 9.88. The summed E-state index contributed by atoms with van der Waals surface area (Å²) >= 11 is 0. The van der Waals surface area contributed by atoms with Crippen molar-refractivity contribution in [3.63, 3.8) is 0 Å². The Bertz CT molecular complexity index is 1320. The minimum absolute atomic E-state index is 0. The van der Waals surface area contributed by atoms with Crippen LogP contribution in [0.5, 0.6) is 0 Å². The third-order valence-electron chi connectivity index (χ3n) is 5.47. The van der Waals surface area contributed by atoms with Gasteiger partial charge in [-0.15, -0.1) is 12.4 Å². The summed E-state index contributed by atoms with van der Waals surface area (Å²) in [6.45, 7) is 2.91. The SMILES string of the molecule is Cc1ncc(-c2nc(Nc3ccc(S(C)(=O)=O)c(C(F)(F)F)c3)ncc2F)n1C1CCOCC1.Cl. The summed E-state index contributed by atoms with van der Waals surface area (Å²) in [5.74, 6) is -0.211. The zero-order chi connectivity index (χ0) is 24.7. The Morgan fingerprint density at radius 1 is 1.14 bits per heavy atom. The molecule has 0 aliphatic carbocycles. The van der Waals surface area contributed by atoms with Crippen molar-refractivity contribution in [1.29, 1.82) is 0 Å². The van der Waals surface area contributed by atoms with Crippen LogP contribution in [0.3, 0.4) is 0 Å². The third-order valence-corrected chi connectivity index (χ3v) is 6.62. The molecule has 1 saturated heterocycles. The molecule has 0 bridgehead atoms. The van der Waals surface area contributed by atoms with Gasteiger partial charge in [-0.05, 0) is 38.0 Å². The van der Waals surface area contributed by atoms with Crippen LogP contribution in [-0.2, 0) is 20.8 Å². The molecule has 0 atom stereocenters. The van der Waals surface area contributed by atoms with Gasteiger partial charge in [0.2, 0.25) is 5.95 Å². The molecule has 3 aromatic rings. The van der Waals surface area contributed by atoms with E-state index in [0.717, 1.165) is 31.2 Å². The van der Waals surface area contributed by atoms with Crippen LogP contribution >= 0.6 is 12.4 Å². The van der Waals surface area contributed by atoms with Crippen LogP contribution in [0, 0.1) is 12.7 Å². The van der Waals surface area contributed by atoms with Gasteiger partial charge in [-0.3, -0.25) is 0 Å². The number of halogens is 5. The number of rotatable bonds is 5. The summed E-state index contributed by atoms with van der Waals surface area (Å²) in [6, 6.07) is 2.71. The molecule has 1 fully saturated rings. The fraction of sp³-hybridized carbons (Fsp3) is 0.381. The molecule has 1 aromatic carbocycles. The summed E-state index contributed by atoms with van der Waals surface area (Å²) in [5, 5.41) is 2.60. The second-order valence-electron chi connectivity index (χ2n) is 7.90. The Morgan fingerprint density at radius 2 is 1.83 bits per heavy atom. The molecule has 2 aromatic heterocycles. The summed E-state index contributed by atoms with van der Waals surface area (Å²) < 4.78 is 85.9. The van der Waals surface area contributed by atoms with Crippen LogP contribution in [-0.4, -0.2) is 47.4 Å². The zero-order valence-corrected chi connectivity index (χ0v) is 20.3. The largest absolute Gasteiger partial charge is 0.417 e. The van der Waals surface area contributed by atoms with Gasteiger partial charge in [0, 0.05) is 31.2 Å². The molecule has 4 rings (SSSR count). The summed E-state index contributed by atoms with van der Waals surface area (Å²) in [7, 11) is -4.12. The van der Waals surface area contributed by atoms with Crippen LogP contribution < -0.4 is 5.32 Å². The lowest BCUT2D eigenvalue weighted by molar-refractivity contribution is -0.139. The molecule has 0 amide bonds. The lowest BCUT2D eigenvalue weighted by Crippen LogP contribution is -2.21. The van der Waals surface area contributed by atoms with Crippen molar-refractivity contribution >= 4 is 33.9 Å². The number of sulfone groups is 1. The Morgan fingerprint density at radius 3 is 2.46 bits per heavy atom. The number of alkyl halides is 3. The molecule has 1 aliphatic heterocycles. The maximum Gasteiger partial charge on any atom is 0.417 e. The van der Waals surface area contributed by atoms with E-state index in [1.165, 1.54) is 6.20 Å². The second kappa shape index (κ2) is 10.1. The fourth-order valence-electron chi connectivity index (χ4n) is 3.92. The third kappa shape index (κ3) is 5.73. The van der Waals surface area contributed by atoms with Crippen LogP contribution in [0.2, 0.25) is 0 Å². The Kier molecular flexibility index (Phi) is 7.72. The van der Waals surface area contributed by atoms with Crippen LogP contribution in [0.4, 0.5) is 29.2 Å². The van der Waals surface area contributed by atoms with Gasteiger partial charge in [0.25, 0.3) is 0 Å². The fourth-order valence-corrected chi connectivity index (χ4v) is 4.81. The topological polar surface area (TPSA) is 99.0 Å². The Balaban J connectivity index is 0.00000342. The molecule has 0 unspecified atom stereocenters. The van der Waals surface area contributed by atoms with Crippen molar-refractivity contribution < 1.29 is 30.7 Å². The van der Waals surface area contributed by atoms with Crippen LogP contribution in [0.1, 0.15) is 30.3 Å². The number of anilines is 2. The number of nitrogens with zero attached hydrogens (tertiary/aromatic N) is 4. The first-order valence-electron chi connectivity index (χ1n) is 10.3. The van der Waals surface area contributed by atoms with Gasteiger partial charge in [-0.2, -0.15) is 13.2 Å². The highest BCUT2D eigenvalue weighted by Crippen LogP contribution is 2.36. The number of aryl methyl sites for hydroxylation is 1. The molecule has 0 radical (unpaired) electrons. The number of ether oxygens (including phenoxy) is 1. The predicted octanol–water partition coefficient (Wildman–Crippen LogP) is 4.73. The molecule has 3 heterocycles. The highest BCUT2D eigenvalue weighted by atomic mass is 35.5. The number of aromatic nitrogens is 4. The van der Waals surface area contributed by atoms with E-state index in [1.54, 1.807) is 6.92 Å². The number of hydrogen-bond donors (Lipinski definition) is 1. The van der Waals surface area contributed by atoms with Crippen molar-refractivity contribution in [1.82, 2.24) is 19.5 Å². The van der Waals surface area contributed by atoms with E-state index in [2.05, 4.69) is 20.3 Å². The van der Waals surface area contributed by atoms with E-state index in [1.807, 2.05) is 4.57 Å². The first-order chi connectivity index (χ1) is 15.9. The van der Waals surface area contributed by atoms with E-state index < -0.39 is 32.3 Å². The standard InChI is InChI=1S/C21H21F4N5O3S.ClH/c1-12-26-11-17(30(12)14-5-7-33-8-6-14)19-16(22)10-27-20(29-19)28-13-3-4-18(34(2,31)32)15(9-13)21(23,24)25;/h3-4,9-11,14H,5-8H2,1-2H3,(H,27,28,29);1H. The molecular formula is C21H22ClF4N5O3S. The van der Waals surface area contributed by atoms with E-state index in [4.69, 9.17) is 4.74 Å². The highest BCUT2D eigenvalue weighted by molar-refractivity contribution is 7.90. The van der Waals surface area contributed by atoms with Gasteiger partial charge in [-0.1, -0.05) is 0 Å². The lowest BCUT2D eigenvalue weighted by Gasteiger charge is -2.26. The molecule has 0 saturated carbocycles. The van der Waals surface area contributed by atoms with Gasteiger partial charge in [-0.25, -0.2) is 27.8 Å². The number of benzene rings is 1. The molecule has 1 N–H and O–H groups in total. The molecule has 0 spiro atoms. The van der Waals surface area contributed by atoms with E-state index in [0.29, 0.717) is 37.1 Å². The first-order valence-corrected chi connectivity index (χ1v) is 12.2. The number of imidazole rings is 1. The van der Waals surface area contributed by atoms with Crippen molar-refractivity contribution in [2.45, 2.75) is 36.9 Å². The zero-order valence-electron chi connectivity index (χ0n) is 18.6. The maximum absolute atomic E-state index is 14.7. The molecule has 8 nitrogen and oxygen atoms in total. The lowest BCUT2D eigenvalue weighted by atomic mass is 10.1. The first kappa shape index (κ1) is 26.8. The molecule has 190 valence electrons. The van der Waals surface area contributed by atoms with Gasteiger partial charge >= 0.3 is 6.18 Å². The minimum atomic E-state index is -4.90. The van der Waals surface area contributed by atoms with E-state index >= 15 is 0 Å². The molecule has 35 heavy (non-hydrogen) atoms. The normalized spacial score (nSPS) is 15.0. The molecule has 14 heteroatoms. The monoisotopic (exact) mass is 535 g/mol. The number of hydrogen-bond acceptors (Lipinski definition) is 7. The van der Waals surface area contributed by atoms with Gasteiger partial charge in [0.15, 0.2) is 15.7 Å². The Labute approximate surface area is 205 Å². The summed E-state index contributed by atoms with van der Waals surface area (Å²) in [5.41, 5.74) is -1.08. The quantitative estimate of drug-likeness (QED) is 0.472. The van der Waals surface area contributed by atoms with Crippen molar-refractivity contribution in [3.05, 3.63) is 47.8 Å². The van der Waals surface area contributed by atoms with Crippen molar-refractivity contribution in [2.24, 2.45) is 0 Å². The van der Waals surface area contributed by atoms with E-state index in [-0.39, 0.29) is 35.8 Å². The van der Waals surface area contributed by atoms with Gasteiger partial charge < -0.3 is 14.6 Å². The van der Waals surface area contributed by atoms with Crippen molar-refractivity contribution in [2.75, 3.05) is 24.8 Å². The van der Waals surface area contributed by atoms with Gasteiger partial charge in [0.1, 0.15) is 11.5 Å². The predicted molar refractivity (Wildman–Crippen MR) is 122 cm³/mol. The summed E-state index contributed by atoms with van der Waals surface area (Å²) in [6.07, 6.45) is -0.369. The number of nitrogens with one attached hydrogen (secondary N) is 1. The van der Waals surface area contributed by atoms with Crippen molar-refractivity contribution in [3.8, 4) is 11.4 Å². The maximum atomic E-state index is 14.7. The average Bonchev–Trinajstić information content (AvgIpc) is 3.15. The highest BCUT2D eigenvalue weighted by Gasteiger charge is 2.36. The average molecular weight is 536 g/mol. The molecular weight excluding hydrogens is 514 g/mol. The Hall–Kier alpha value is -2.77. The van der Waals surface area contributed by atoms with E-state index in [9.17, 15) is 26.0 Å².